The largest absolute Gasteiger partial charge is 0.385 e. The van der Waals surface area contributed by atoms with Gasteiger partial charge in [0, 0.05) is 19.3 Å². The van der Waals surface area contributed by atoms with Gasteiger partial charge in [0.15, 0.2) is 5.78 Å². The van der Waals surface area contributed by atoms with Gasteiger partial charge in [-0.15, -0.1) is 0 Å². The van der Waals surface area contributed by atoms with Crippen LogP contribution in [-0.2, 0) is 11.2 Å². The molecule has 2 heteroatoms. The number of benzene rings is 1. The number of hydrogen-bond acceptors (Lipinski definition) is 2. The molecule has 0 atom stereocenters. The Labute approximate surface area is 84.9 Å². The normalized spacial score (nSPS) is 10.1. The minimum atomic E-state index is 0.124. The van der Waals surface area contributed by atoms with Crippen molar-refractivity contribution >= 4 is 5.78 Å². The number of methoxy groups -OCH3 is 1. The lowest BCUT2D eigenvalue weighted by Gasteiger charge is -2.02. The fourth-order valence-electron chi connectivity index (χ4n) is 1.37. The maximum Gasteiger partial charge on any atom is 0.159 e. The molecule has 0 aliphatic rings. The number of carbonyl (C=O) groups excluding carboxylic acids is 1. The number of Topliss-reactive ketones (excluding diaryl/α,β-unsaturated/α-hetero) is 1. The summed E-state index contributed by atoms with van der Waals surface area (Å²) < 4.78 is 4.97. The first-order valence-corrected chi connectivity index (χ1v) is 4.83. The Morgan fingerprint density at radius 2 is 2.21 bits per heavy atom. The van der Waals surface area contributed by atoms with Crippen molar-refractivity contribution in [1.29, 1.82) is 0 Å². The molecule has 0 bridgehead atoms. The van der Waals surface area contributed by atoms with E-state index in [0.717, 1.165) is 25.0 Å². The first kappa shape index (κ1) is 10.9. The third-order valence-electron chi connectivity index (χ3n) is 2.15. The molecule has 0 aliphatic carbocycles. The first-order valence-electron chi connectivity index (χ1n) is 4.83. The second-order valence-electron chi connectivity index (χ2n) is 3.35. The molecule has 0 radical (unpaired) electrons. The minimum Gasteiger partial charge on any atom is -0.385 e. The summed E-state index contributed by atoms with van der Waals surface area (Å²) >= 11 is 0. The average molecular weight is 192 g/mol. The summed E-state index contributed by atoms with van der Waals surface area (Å²) in [7, 11) is 1.70. The van der Waals surface area contributed by atoms with E-state index >= 15 is 0 Å². The number of aryl methyl sites for hydroxylation is 1. The maximum atomic E-state index is 11.1. The predicted molar refractivity (Wildman–Crippen MR) is 56.6 cm³/mol. The van der Waals surface area contributed by atoms with E-state index < -0.39 is 0 Å². The first-order chi connectivity index (χ1) is 6.74. The molecule has 0 aliphatic heterocycles. The molecule has 1 aromatic carbocycles. The van der Waals surface area contributed by atoms with Crippen LogP contribution in [0.2, 0.25) is 0 Å². The fraction of sp³-hybridized carbons (Fsp3) is 0.417. The summed E-state index contributed by atoms with van der Waals surface area (Å²) in [5.41, 5.74) is 2.00. The highest BCUT2D eigenvalue weighted by Gasteiger charge is 1.99. The van der Waals surface area contributed by atoms with Gasteiger partial charge in [-0.1, -0.05) is 18.2 Å². The SMILES string of the molecule is COCCCc1cccc(C(C)=O)c1. The van der Waals surface area contributed by atoms with Gasteiger partial charge in [-0.3, -0.25) is 4.79 Å². The Balaban J connectivity index is 2.59. The zero-order valence-electron chi connectivity index (χ0n) is 8.75. The van der Waals surface area contributed by atoms with Crippen molar-refractivity contribution in [1.82, 2.24) is 0 Å². The van der Waals surface area contributed by atoms with E-state index in [2.05, 4.69) is 0 Å². The standard InChI is InChI=1S/C12H16O2/c1-10(13)12-7-3-5-11(9-12)6-4-8-14-2/h3,5,7,9H,4,6,8H2,1-2H3. The van der Waals surface area contributed by atoms with E-state index in [1.807, 2.05) is 24.3 Å². The molecule has 1 rings (SSSR count). The molecular formula is C12H16O2. The van der Waals surface area contributed by atoms with Crippen LogP contribution in [0.1, 0.15) is 29.3 Å². The molecule has 1 aromatic rings. The number of ketones is 1. The molecule has 0 N–H and O–H groups in total. The molecule has 0 amide bonds. The van der Waals surface area contributed by atoms with Crippen LogP contribution >= 0.6 is 0 Å². The zero-order valence-corrected chi connectivity index (χ0v) is 8.75. The van der Waals surface area contributed by atoms with Crippen LogP contribution < -0.4 is 0 Å². The van der Waals surface area contributed by atoms with Gasteiger partial charge in [0.2, 0.25) is 0 Å². The average Bonchev–Trinajstić information content (AvgIpc) is 2.19. The van der Waals surface area contributed by atoms with E-state index in [9.17, 15) is 4.79 Å². The highest BCUT2D eigenvalue weighted by atomic mass is 16.5. The Morgan fingerprint density at radius 3 is 2.86 bits per heavy atom. The highest BCUT2D eigenvalue weighted by molar-refractivity contribution is 5.94. The predicted octanol–water partition coefficient (Wildman–Crippen LogP) is 2.47. The summed E-state index contributed by atoms with van der Waals surface area (Å²) in [6.45, 7) is 2.36. The lowest BCUT2D eigenvalue weighted by atomic mass is 10.0. The molecule has 0 fully saturated rings. The number of rotatable bonds is 5. The highest BCUT2D eigenvalue weighted by Crippen LogP contribution is 2.08. The number of carbonyl (C=O) groups is 1. The third kappa shape index (κ3) is 3.30. The van der Waals surface area contributed by atoms with Gasteiger partial charge in [-0.25, -0.2) is 0 Å². The second-order valence-corrected chi connectivity index (χ2v) is 3.35. The zero-order chi connectivity index (χ0) is 10.4. The van der Waals surface area contributed by atoms with E-state index in [1.165, 1.54) is 5.56 Å². The van der Waals surface area contributed by atoms with Gasteiger partial charge in [0.1, 0.15) is 0 Å². The molecule has 0 unspecified atom stereocenters. The second kappa shape index (κ2) is 5.55. The summed E-state index contributed by atoms with van der Waals surface area (Å²) in [6, 6.07) is 7.78. The third-order valence-corrected chi connectivity index (χ3v) is 2.15. The fourth-order valence-corrected chi connectivity index (χ4v) is 1.37. The van der Waals surface area contributed by atoms with Gasteiger partial charge in [-0.05, 0) is 31.4 Å². The smallest absolute Gasteiger partial charge is 0.159 e. The van der Waals surface area contributed by atoms with Crippen LogP contribution in [0.5, 0.6) is 0 Å². The van der Waals surface area contributed by atoms with Crippen LogP contribution in [0, 0.1) is 0 Å². The molecule has 0 saturated heterocycles. The molecule has 0 saturated carbocycles. The molecule has 0 aromatic heterocycles. The molecule has 14 heavy (non-hydrogen) atoms. The lowest BCUT2D eigenvalue weighted by molar-refractivity contribution is 0.101. The number of hydrogen-bond donors (Lipinski definition) is 0. The van der Waals surface area contributed by atoms with E-state index in [-0.39, 0.29) is 5.78 Å². The van der Waals surface area contributed by atoms with Crippen molar-refractivity contribution in [2.45, 2.75) is 19.8 Å². The van der Waals surface area contributed by atoms with Crippen molar-refractivity contribution < 1.29 is 9.53 Å². The molecule has 76 valence electrons. The Hall–Kier alpha value is -1.15. The van der Waals surface area contributed by atoms with Gasteiger partial charge >= 0.3 is 0 Å². The lowest BCUT2D eigenvalue weighted by Crippen LogP contribution is -1.96. The maximum absolute atomic E-state index is 11.1. The number of ether oxygens (including phenoxy) is 1. The summed E-state index contributed by atoms with van der Waals surface area (Å²) in [6.07, 6.45) is 1.97. The Kier molecular flexibility index (Phi) is 4.33. The van der Waals surface area contributed by atoms with E-state index in [0.29, 0.717) is 0 Å². The molecular weight excluding hydrogens is 176 g/mol. The van der Waals surface area contributed by atoms with Gasteiger partial charge in [-0.2, -0.15) is 0 Å². The van der Waals surface area contributed by atoms with Gasteiger partial charge in [0.05, 0.1) is 0 Å². The van der Waals surface area contributed by atoms with Crippen molar-refractivity contribution in [3.63, 3.8) is 0 Å². The molecule has 0 spiro atoms. The minimum absolute atomic E-state index is 0.124. The van der Waals surface area contributed by atoms with Crippen molar-refractivity contribution in [3.8, 4) is 0 Å². The summed E-state index contributed by atoms with van der Waals surface area (Å²) in [4.78, 5) is 11.1. The van der Waals surface area contributed by atoms with Crippen LogP contribution in [0.15, 0.2) is 24.3 Å². The Morgan fingerprint density at radius 1 is 1.43 bits per heavy atom. The van der Waals surface area contributed by atoms with Crippen LogP contribution in [0.3, 0.4) is 0 Å². The summed E-state index contributed by atoms with van der Waals surface area (Å²) in [5.74, 6) is 0.124. The van der Waals surface area contributed by atoms with Gasteiger partial charge in [0.25, 0.3) is 0 Å². The van der Waals surface area contributed by atoms with Crippen LogP contribution in [0.25, 0.3) is 0 Å². The summed E-state index contributed by atoms with van der Waals surface area (Å²) in [5, 5.41) is 0. The quantitative estimate of drug-likeness (QED) is 0.529. The van der Waals surface area contributed by atoms with E-state index in [1.54, 1.807) is 14.0 Å². The van der Waals surface area contributed by atoms with E-state index in [4.69, 9.17) is 4.74 Å². The van der Waals surface area contributed by atoms with Gasteiger partial charge < -0.3 is 4.74 Å². The van der Waals surface area contributed by atoms with Crippen molar-refractivity contribution in [3.05, 3.63) is 35.4 Å². The monoisotopic (exact) mass is 192 g/mol. The van der Waals surface area contributed by atoms with Crippen LogP contribution in [-0.4, -0.2) is 19.5 Å². The van der Waals surface area contributed by atoms with Crippen molar-refractivity contribution in [2.24, 2.45) is 0 Å². The molecule has 0 heterocycles. The topological polar surface area (TPSA) is 26.3 Å². The molecule has 2 nitrogen and oxygen atoms in total. The van der Waals surface area contributed by atoms with Crippen molar-refractivity contribution in [2.75, 3.05) is 13.7 Å². The Bertz CT molecular complexity index is 305. The van der Waals surface area contributed by atoms with Crippen LogP contribution in [0.4, 0.5) is 0 Å².